The summed E-state index contributed by atoms with van der Waals surface area (Å²) in [5, 5.41) is 10.8. The monoisotopic (exact) mass is 285 g/mol. The van der Waals surface area contributed by atoms with E-state index in [2.05, 4.69) is 6.07 Å². The van der Waals surface area contributed by atoms with Crippen molar-refractivity contribution in [3.63, 3.8) is 0 Å². The normalized spacial score (nSPS) is 10.2. The Morgan fingerprint density at radius 3 is 2.38 bits per heavy atom. The Balaban J connectivity index is 2.16. The first-order chi connectivity index (χ1) is 9.99. The van der Waals surface area contributed by atoms with E-state index >= 15 is 0 Å². The Hall–Kier alpha value is -2.69. The summed E-state index contributed by atoms with van der Waals surface area (Å²) in [6, 6.07) is 10.3. The second kappa shape index (κ2) is 6.17. The van der Waals surface area contributed by atoms with Crippen molar-refractivity contribution in [1.29, 1.82) is 0 Å². The molecule has 0 atom stereocenters. The SMILES string of the molecule is Cc1cc(C)cc(COc2ccc([N+](=O)[O-])c(C=O)c2)c1. The van der Waals surface area contributed by atoms with Gasteiger partial charge in [-0.3, -0.25) is 14.9 Å². The molecule has 5 heteroatoms. The van der Waals surface area contributed by atoms with Crippen molar-refractivity contribution in [2.45, 2.75) is 20.5 Å². The van der Waals surface area contributed by atoms with Crippen LogP contribution in [0.15, 0.2) is 36.4 Å². The zero-order valence-electron chi connectivity index (χ0n) is 11.8. The first-order valence-corrected chi connectivity index (χ1v) is 6.43. The number of carbonyl (C=O) groups is 1. The first kappa shape index (κ1) is 14.7. The molecule has 0 fully saturated rings. The highest BCUT2D eigenvalue weighted by Gasteiger charge is 2.13. The van der Waals surface area contributed by atoms with Crippen molar-refractivity contribution < 1.29 is 14.5 Å². The van der Waals surface area contributed by atoms with E-state index in [9.17, 15) is 14.9 Å². The van der Waals surface area contributed by atoms with Crippen LogP contribution in [0.4, 0.5) is 5.69 Å². The molecule has 0 heterocycles. The number of carbonyl (C=O) groups excluding carboxylic acids is 1. The number of hydrogen-bond acceptors (Lipinski definition) is 4. The molecule has 2 rings (SSSR count). The molecule has 108 valence electrons. The number of aldehydes is 1. The van der Waals surface area contributed by atoms with E-state index in [1.54, 1.807) is 0 Å². The van der Waals surface area contributed by atoms with Gasteiger partial charge in [-0.15, -0.1) is 0 Å². The molecule has 0 aromatic heterocycles. The molecule has 0 aliphatic rings. The Morgan fingerprint density at radius 1 is 1.14 bits per heavy atom. The van der Waals surface area contributed by atoms with Crippen LogP contribution in [0.3, 0.4) is 0 Å². The summed E-state index contributed by atoms with van der Waals surface area (Å²) >= 11 is 0. The molecule has 0 spiro atoms. The van der Waals surface area contributed by atoms with E-state index in [4.69, 9.17) is 4.74 Å². The predicted molar refractivity (Wildman–Crippen MR) is 78.7 cm³/mol. The van der Waals surface area contributed by atoms with Crippen LogP contribution in [-0.4, -0.2) is 11.2 Å². The quantitative estimate of drug-likeness (QED) is 0.478. The van der Waals surface area contributed by atoms with E-state index in [1.807, 2.05) is 26.0 Å². The van der Waals surface area contributed by atoms with Gasteiger partial charge in [0.05, 0.1) is 10.5 Å². The van der Waals surface area contributed by atoms with Crippen LogP contribution in [0.5, 0.6) is 5.75 Å². The molecule has 0 saturated carbocycles. The number of hydrogen-bond donors (Lipinski definition) is 0. The second-order valence-corrected chi connectivity index (χ2v) is 4.88. The topological polar surface area (TPSA) is 69.4 Å². The maximum absolute atomic E-state index is 10.9. The number of ether oxygens (including phenoxy) is 1. The lowest BCUT2D eigenvalue weighted by Gasteiger charge is -2.08. The lowest BCUT2D eigenvalue weighted by molar-refractivity contribution is -0.385. The van der Waals surface area contributed by atoms with Gasteiger partial charge in [0, 0.05) is 6.07 Å². The van der Waals surface area contributed by atoms with Crippen molar-refractivity contribution in [2.24, 2.45) is 0 Å². The number of aryl methyl sites for hydroxylation is 2. The fourth-order valence-electron chi connectivity index (χ4n) is 2.20. The molecule has 2 aromatic rings. The third-order valence-electron chi connectivity index (χ3n) is 3.01. The summed E-state index contributed by atoms with van der Waals surface area (Å²) in [6.07, 6.45) is 0.460. The van der Waals surface area contributed by atoms with E-state index in [0.29, 0.717) is 18.6 Å². The fraction of sp³-hybridized carbons (Fsp3) is 0.188. The van der Waals surface area contributed by atoms with E-state index in [-0.39, 0.29) is 11.3 Å². The minimum atomic E-state index is -0.586. The van der Waals surface area contributed by atoms with Gasteiger partial charge in [0.1, 0.15) is 12.4 Å². The van der Waals surface area contributed by atoms with Gasteiger partial charge in [0.25, 0.3) is 5.69 Å². The van der Waals surface area contributed by atoms with Gasteiger partial charge in [-0.05, 0) is 31.5 Å². The van der Waals surface area contributed by atoms with Crippen LogP contribution >= 0.6 is 0 Å². The highest BCUT2D eigenvalue weighted by Crippen LogP contribution is 2.23. The number of rotatable bonds is 5. The van der Waals surface area contributed by atoms with Crippen LogP contribution in [0.2, 0.25) is 0 Å². The maximum atomic E-state index is 10.9. The molecule has 0 bridgehead atoms. The van der Waals surface area contributed by atoms with Crippen molar-refractivity contribution in [3.8, 4) is 5.75 Å². The number of nitro benzene ring substituents is 1. The van der Waals surface area contributed by atoms with E-state index in [0.717, 1.165) is 16.7 Å². The number of nitrogens with zero attached hydrogens (tertiary/aromatic N) is 1. The van der Waals surface area contributed by atoms with E-state index < -0.39 is 4.92 Å². The van der Waals surface area contributed by atoms with Crippen LogP contribution in [0.25, 0.3) is 0 Å². The zero-order valence-corrected chi connectivity index (χ0v) is 11.8. The molecular formula is C16H15NO4. The second-order valence-electron chi connectivity index (χ2n) is 4.88. The third-order valence-corrected chi connectivity index (χ3v) is 3.01. The molecule has 0 aliphatic carbocycles. The largest absolute Gasteiger partial charge is 0.489 e. The van der Waals surface area contributed by atoms with Gasteiger partial charge in [-0.25, -0.2) is 0 Å². The predicted octanol–water partition coefficient (Wildman–Crippen LogP) is 3.60. The molecule has 0 radical (unpaired) electrons. The molecule has 0 aliphatic heterocycles. The highest BCUT2D eigenvalue weighted by atomic mass is 16.6. The van der Waals surface area contributed by atoms with Crippen LogP contribution < -0.4 is 4.74 Å². The van der Waals surface area contributed by atoms with Crippen molar-refractivity contribution in [3.05, 3.63) is 68.8 Å². The Kier molecular flexibility index (Phi) is 4.33. The summed E-state index contributed by atoms with van der Waals surface area (Å²) in [5.74, 6) is 0.432. The average Bonchev–Trinajstić information content (AvgIpc) is 2.43. The number of benzene rings is 2. The fourth-order valence-corrected chi connectivity index (χ4v) is 2.20. The van der Waals surface area contributed by atoms with Gasteiger partial charge in [0.2, 0.25) is 0 Å². The lowest BCUT2D eigenvalue weighted by atomic mass is 10.1. The molecule has 0 saturated heterocycles. The highest BCUT2D eigenvalue weighted by molar-refractivity contribution is 5.82. The number of nitro groups is 1. The molecule has 0 unspecified atom stereocenters. The molecule has 5 nitrogen and oxygen atoms in total. The molecule has 0 N–H and O–H groups in total. The third kappa shape index (κ3) is 3.66. The summed E-state index contributed by atoms with van der Waals surface area (Å²) < 4.78 is 5.60. The minimum Gasteiger partial charge on any atom is -0.489 e. The first-order valence-electron chi connectivity index (χ1n) is 6.43. The molecule has 2 aromatic carbocycles. The van der Waals surface area contributed by atoms with Gasteiger partial charge >= 0.3 is 0 Å². The summed E-state index contributed by atoms with van der Waals surface area (Å²) in [5.41, 5.74) is 3.09. The van der Waals surface area contributed by atoms with Crippen molar-refractivity contribution in [1.82, 2.24) is 0 Å². The summed E-state index contributed by atoms with van der Waals surface area (Å²) in [7, 11) is 0. The zero-order chi connectivity index (χ0) is 15.4. The smallest absolute Gasteiger partial charge is 0.280 e. The van der Waals surface area contributed by atoms with Gasteiger partial charge in [-0.1, -0.05) is 29.3 Å². The van der Waals surface area contributed by atoms with Crippen LogP contribution in [-0.2, 0) is 6.61 Å². The van der Waals surface area contributed by atoms with Gasteiger partial charge in [-0.2, -0.15) is 0 Å². The average molecular weight is 285 g/mol. The summed E-state index contributed by atoms with van der Waals surface area (Å²) in [4.78, 5) is 21.1. The Morgan fingerprint density at radius 2 is 1.81 bits per heavy atom. The maximum Gasteiger partial charge on any atom is 0.280 e. The van der Waals surface area contributed by atoms with Crippen LogP contribution in [0.1, 0.15) is 27.0 Å². The Bertz CT molecular complexity index is 674. The van der Waals surface area contributed by atoms with Gasteiger partial charge < -0.3 is 4.74 Å². The molecule has 21 heavy (non-hydrogen) atoms. The van der Waals surface area contributed by atoms with Crippen molar-refractivity contribution >= 4 is 12.0 Å². The summed E-state index contributed by atoms with van der Waals surface area (Å²) in [6.45, 7) is 4.36. The van der Waals surface area contributed by atoms with Crippen LogP contribution in [0, 0.1) is 24.0 Å². The minimum absolute atomic E-state index is 0.0120. The standard InChI is InChI=1S/C16H15NO4/c1-11-5-12(2)7-13(6-11)10-21-15-3-4-16(17(19)20)14(8-15)9-18/h3-9H,10H2,1-2H3. The van der Waals surface area contributed by atoms with E-state index in [1.165, 1.54) is 18.2 Å². The molecule has 0 amide bonds. The van der Waals surface area contributed by atoms with Gasteiger partial charge in [0.15, 0.2) is 6.29 Å². The molecular weight excluding hydrogens is 270 g/mol. The Labute approximate surface area is 122 Å². The van der Waals surface area contributed by atoms with Crippen molar-refractivity contribution in [2.75, 3.05) is 0 Å². The lowest BCUT2D eigenvalue weighted by Crippen LogP contribution is -1.99.